The van der Waals surface area contributed by atoms with Crippen LogP contribution in [0.2, 0.25) is 5.02 Å². The van der Waals surface area contributed by atoms with E-state index in [4.69, 9.17) is 17.3 Å². The molecule has 1 heterocycles. The lowest BCUT2D eigenvalue weighted by molar-refractivity contribution is 0.638. The average molecular weight is 255 g/mol. The highest BCUT2D eigenvalue weighted by molar-refractivity contribution is 7.18. The van der Waals surface area contributed by atoms with Crippen molar-refractivity contribution in [2.45, 2.75) is 25.7 Å². The standard InChI is InChI=1S/C12H15ClN2S/c1-8(3-2-6-14)12-15-10-7-9(13)4-5-11(10)16-12/h4-5,7-8H,2-3,6,14H2,1H3. The van der Waals surface area contributed by atoms with Crippen LogP contribution in [0.1, 0.15) is 30.7 Å². The van der Waals surface area contributed by atoms with E-state index in [0.717, 1.165) is 29.9 Å². The molecule has 2 N–H and O–H groups in total. The van der Waals surface area contributed by atoms with Crippen molar-refractivity contribution in [1.29, 1.82) is 0 Å². The van der Waals surface area contributed by atoms with Crippen LogP contribution in [-0.4, -0.2) is 11.5 Å². The maximum atomic E-state index is 5.94. The summed E-state index contributed by atoms with van der Waals surface area (Å²) in [4.78, 5) is 4.62. The molecular formula is C12H15ClN2S. The molecule has 16 heavy (non-hydrogen) atoms. The topological polar surface area (TPSA) is 38.9 Å². The third-order valence-corrected chi connectivity index (χ3v) is 4.13. The van der Waals surface area contributed by atoms with E-state index >= 15 is 0 Å². The number of halogens is 1. The summed E-state index contributed by atoms with van der Waals surface area (Å²) < 4.78 is 1.21. The molecule has 1 atom stereocenters. The van der Waals surface area contributed by atoms with Gasteiger partial charge in [-0.05, 0) is 37.6 Å². The first-order valence-electron chi connectivity index (χ1n) is 5.46. The fourth-order valence-corrected chi connectivity index (χ4v) is 2.88. The number of aromatic nitrogens is 1. The first-order chi connectivity index (χ1) is 7.70. The van der Waals surface area contributed by atoms with E-state index in [-0.39, 0.29) is 0 Å². The van der Waals surface area contributed by atoms with E-state index in [1.165, 1.54) is 9.71 Å². The molecule has 0 aliphatic rings. The van der Waals surface area contributed by atoms with E-state index in [2.05, 4.69) is 11.9 Å². The summed E-state index contributed by atoms with van der Waals surface area (Å²) in [5.41, 5.74) is 6.52. The van der Waals surface area contributed by atoms with Gasteiger partial charge in [0.1, 0.15) is 0 Å². The molecule has 2 aromatic rings. The number of hydrogen-bond acceptors (Lipinski definition) is 3. The molecule has 4 heteroatoms. The molecule has 2 nitrogen and oxygen atoms in total. The van der Waals surface area contributed by atoms with Gasteiger partial charge in [-0.3, -0.25) is 0 Å². The lowest BCUT2D eigenvalue weighted by atomic mass is 10.1. The molecule has 1 aromatic heterocycles. The number of rotatable bonds is 4. The molecule has 0 radical (unpaired) electrons. The maximum absolute atomic E-state index is 5.94. The number of fused-ring (bicyclic) bond motifs is 1. The average Bonchev–Trinajstić information content (AvgIpc) is 2.68. The summed E-state index contributed by atoms with van der Waals surface area (Å²) in [5.74, 6) is 0.486. The Morgan fingerprint density at radius 1 is 1.50 bits per heavy atom. The fourth-order valence-electron chi connectivity index (χ4n) is 1.68. The summed E-state index contributed by atoms with van der Waals surface area (Å²) >= 11 is 7.69. The molecule has 0 spiro atoms. The van der Waals surface area contributed by atoms with Gasteiger partial charge in [-0.25, -0.2) is 4.98 Å². The third kappa shape index (κ3) is 2.54. The Balaban J connectivity index is 2.25. The largest absolute Gasteiger partial charge is 0.330 e. The van der Waals surface area contributed by atoms with Crippen LogP contribution in [0, 0.1) is 0 Å². The van der Waals surface area contributed by atoms with Gasteiger partial charge in [0.05, 0.1) is 15.2 Å². The van der Waals surface area contributed by atoms with Gasteiger partial charge >= 0.3 is 0 Å². The van der Waals surface area contributed by atoms with E-state index in [0.29, 0.717) is 5.92 Å². The van der Waals surface area contributed by atoms with Crippen molar-refractivity contribution in [3.63, 3.8) is 0 Å². The van der Waals surface area contributed by atoms with Crippen LogP contribution >= 0.6 is 22.9 Å². The van der Waals surface area contributed by atoms with Crippen LogP contribution in [0.25, 0.3) is 10.2 Å². The predicted molar refractivity (Wildman–Crippen MR) is 71.3 cm³/mol. The molecule has 0 aliphatic heterocycles. The Morgan fingerprint density at radius 2 is 2.31 bits per heavy atom. The zero-order valence-electron chi connectivity index (χ0n) is 9.24. The second kappa shape index (κ2) is 5.13. The molecule has 0 amide bonds. The van der Waals surface area contributed by atoms with E-state index < -0.39 is 0 Å². The minimum Gasteiger partial charge on any atom is -0.330 e. The number of benzene rings is 1. The Kier molecular flexibility index (Phi) is 3.79. The monoisotopic (exact) mass is 254 g/mol. The molecule has 0 bridgehead atoms. The van der Waals surface area contributed by atoms with Crippen molar-refractivity contribution in [3.05, 3.63) is 28.2 Å². The molecule has 0 saturated carbocycles. The van der Waals surface area contributed by atoms with E-state index in [1.807, 2.05) is 18.2 Å². The second-order valence-corrected chi connectivity index (χ2v) is 5.49. The highest BCUT2D eigenvalue weighted by Gasteiger charge is 2.11. The molecule has 1 unspecified atom stereocenters. The third-order valence-electron chi connectivity index (χ3n) is 2.63. The summed E-state index contributed by atoms with van der Waals surface area (Å²) in [6.07, 6.45) is 2.15. The Labute approximate surface area is 104 Å². The minimum absolute atomic E-state index is 0.486. The minimum atomic E-state index is 0.486. The first-order valence-corrected chi connectivity index (χ1v) is 6.66. The van der Waals surface area contributed by atoms with Crippen molar-refractivity contribution in [3.8, 4) is 0 Å². The molecule has 0 aliphatic carbocycles. The lowest BCUT2D eigenvalue weighted by Gasteiger charge is -2.05. The second-order valence-electron chi connectivity index (χ2n) is 4.00. The van der Waals surface area contributed by atoms with Gasteiger partial charge in [0.15, 0.2) is 0 Å². The predicted octanol–water partition coefficient (Wildman–Crippen LogP) is 3.79. The van der Waals surface area contributed by atoms with Crippen LogP contribution in [0.3, 0.4) is 0 Å². The van der Waals surface area contributed by atoms with Crippen molar-refractivity contribution in [2.24, 2.45) is 5.73 Å². The summed E-state index contributed by atoms with van der Waals surface area (Å²) in [6, 6.07) is 5.87. The van der Waals surface area contributed by atoms with Crippen LogP contribution < -0.4 is 5.73 Å². The first kappa shape index (κ1) is 11.8. The fraction of sp³-hybridized carbons (Fsp3) is 0.417. The Bertz CT molecular complexity index is 481. The van der Waals surface area contributed by atoms with E-state index in [9.17, 15) is 0 Å². The number of nitrogens with zero attached hydrogens (tertiary/aromatic N) is 1. The van der Waals surface area contributed by atoms with Gasteiger partial charge in [0.2, 0.25) is 0 Å². The van der Waals surface area contributed by atoms with Crippen molar-refractivity contribution in [1.82, 2.24) is 4.98 Å². The molecule has 0 saturated heterocycles. The summed E-state index contributed by atoms with van der Waals surface area (Å²) in [7, 11) is 0. The van der Waals surface area contributed by atoms with Gasteiger partial charge in [-0.2, -0.15) is 0 Å². The van der Waals surface area contributed by atoms with Crippen molar-refractivity contribution < 1.29 is 0 Å². The van der Waals surface area contributed by atoms with Gasteiger partial charge in [-0.15, -0.1) is 11.3 Å². The van der Waals surface area contributed by atoms with Crippen LogP contribution in [0.5, 0.6) is 0 Å². The highest BCUT2D eigenvalue weighted by Crippen LogP contribution is 2.30. The van der Waals surface area contributed by atoms with Crippen LogP contribution in [0.4, 0.5) is 0 Å². The molecule has 2 rings (SSSR count). The SMILES string of the molecule is CC(CCCN)c1nc2cc(Cl)ccc2s1. The van der Waals surface area contributed by atoms with Crippen molar-refractivity contribution in [2.75, 3.05) is 6.54 Å². The van der Waals surface area contributed by atoms with Gasteiger partial charge in [0.25, 0.3) is 0 Å². The molecule has 1 aromatic carbocycles. The quantitative estimate of drug-likeness (QED) is 0.902. The Morgan fingerprint density at radius 3 is 3.06 bits per heavy atom. The zero-order chi connectivity index (χ0) is 11.5. The van der Waals surface area contributed by atoms with Gasteiger partial charge < -0.3 is 5.73 Å². The van der Waals surface area contributed by atoms with Crippen LogP contribution in [0.15, 0.2) is 18.2 Å². The zero-order valence-corrected chi connectivity index (χ0v) is 10.8. The number of nitrogens with two attached hydrogens (primary N) is 1. The number of thiazole rings is 1. The van der Waals surface area contributed by atoms with Gasteiger partial charge in [-0.1, -0.05) is 18.5 Å². The smallest absolute Gasteiger partial charge is 0.0966 e. The van der Waals surface area contributed by atoms with Gasteiger partial charge in [0, 0.05) is 10.9 Å². The van der Waals surface area contributed by atoms with Crippen LogP contribution in [-0.2, 0) is 0 Å². The maximum Gasteiger partial charge on any atom is 0.0966 e. The highest BCUT2D eigenvalue weighted by atomic mass is 35.5. The number of hydrogen-bond donors (Lipinski definition) is 1. The lowest BCUT2D eigenvalue weighted by Crippen LogP contribution is -2.01. The molecule has 0 fully saturated rings. The van der Waals surface area contributed by atoms with Crippen molar-refractivity contribution >= 4 is 33.2 Å². The summed E-state index contributed by atoms with van der Waals surface area (Å²) in [6.45, 7) is 2.95. The summed E-state index contributed by atoms with van der Waals surface area (Å²) in [5, 5.41) is 1.93. The molecular weight excluding hydrogens is 240 g/mol. The Hall–Kier alpha value is -0.640. The van der Waals surface area contributed by atoms with E-state index in [1.54, 1.807) is 11.3 Å². The molecule has 86 valence electrons. The normalized spacial score (nSPS) is 13.2.